The minimum absolute atomic E-state index is 0.0256. The van der Waals surface area contributed by atoms with Crippen molar-refractivity contribution in [1.29, 1.82) is 0 Å². The summed E-state index contributed by atoms with van der Waals surface area (Å²) >= 11 is 1.50. The van der Waals surface area contributed by atoms with Gasteiger partial charge in [0.15, 0.2) is 0 Å². The van der Waals surface area contributed by atoms with Crippen LogP contribution in [0, 0.1) is 0 Å². The zero-order chi connectivity index (χ0) is 16.7. The van der Waals surface area contributed by atoms with E-state index in [2.05, 4.69) is 0 Å². The van der Waals surface area contributed by atoms with Crippen LogP contribution < -0.4 is 11.5 Å². The van der Waals surface area contributed by atoms with Crippen LogP contribution in [-0.2, 0) is 9.53 Å². The van der Waals surface area contributed by atoms with Crippen LogP contribution >= 0.6 is 11.8 Å². The highest BCUT2D eigenvalue weighted by molar-refractivity contribution is 7.99. The second kappa shape index (κ2) is 8.57. The molecule has 5 N–H and O–H groups in total. The van der Waals surface area contributed by atoms with Crippen LogP contribution in [0.25, 0.3) is 0 Å². The van der Waals surface area contributed by atoms with E-state index in [1.165, 1.54) is 11.8 Å². The highest BCUT2D eigenvalue weighted by Gasteiger charge is 2.23. The summed E-state index contributed by atoms with van der Waals surface area (Å²) in [6, 6.07) is 17.1. The third-order valence-corrected chi connectivity index (χ3v) is 4.50. The summed E-state index contributed by atoms with van der Waals surface area (Å²) in [5.41, 5.74) is 12.5. The fourth-order valence-electron chi connectivity index (χ4n) is 2.11. The minimum Gasteiger partial charge on any atom is -0.399 e. The van der Waals surface area contributed by atoms with Crippen LogP contribution in [0.5, 0.6) is 0 Å². The molecule has 0 aromatic heterocycles. The Morgan fingerprint density at radius 1 is 1.17 bits per heavy atom. The zero-order valence-corrected chi connectivity index (χ0v) is 13.4. The van der Waals surface area contributed by atoms with E-state index in [4.69, 9.17) is 16.2 Å². The first-order valence-electron chi connectivity index (χ1n) is 7.17. The SMILES string of the molecule is NC(=O)COCC(O)C(Sc1cccc(N)c1)c1ccccc1. The summed E-state index contributed by atoms with van der Waals surface area (Å²) in [5, 5.41) is 10.2. The molecule has 0 aliphatic carbocycles. The number of hydrogen-bond donors (Lipinski definition) is 3. The number of nitrogens with two attached hydrogens (primary N) is 2. The number of rotatable bonds is 8. The molecule has 2 rings (SSSR count). The number of anilines is 1. The number of ether oxygens (including phenoxy) is 1. The van der Waals surface area contributed by atoms with Gasteiger partial charge in [0.1, 0.15) is 6.61 Å². The molecule has 2 unspecified atom stereocenters. The van der Waals surface area contributed by atoms with Gasteiger partial charge < -0.3 is 21.3 Å². The van der Waals surface area contributed by atoms with Crippen LogP contribution in [-0.4, -0.2) is 30.3 Å². The highest BCUT2D eigenvalue weighted by atomic mass is 32.2. The summed E-state index contributed by atoms with van der Waals surface area (Å²) in [6.45, 7) is -0.181. The number of carbonyl (C=O) groups is 1. The summed E-state index contributed by atoms with van der Waals surface area (Å²) in [7, 11) is 0. The fraction of sp³-hybridized carbons (Fsp3) is 0.235. The molecule has 0 saturated heterocycles. The first kappa shape index (κ1) is 17.3. The lowest BCUT2D eigenvalue weighted by molar-refractivity contribution is -0.123. The number of amides is 1. The standard InChI is InChI=1S/C17H20N2O3S/c18-13-7-4-8-14(9-13)23-17(12-5-2-1-3-6-12)15(20)10-22-11-16(19)21/h1-9,15,17,20H,10-11,18H2,(H2,19,21). The average molecular weight is 332 g/mol. The van der Waals surface area contributed by atoms with Crippen LogP contribution in [0.3, 0.4) is 0 Å². The number of aliphatic hydroxyl groups excluding tert-OH is 1. The molecule has 0 bridgehead atoms. The largest absolute Gasteiger partial charge is 0.399 e. The van der Waals surface area contributed by atoms with E-state index in [1.54, 1.807) is 0 Å². The number of primary amides is 1. The van der Waals surface area contributed by atoms with Gasteiger partial charge >= 0.3 is 0 Å². The van der Waals surface area contributed by atoms with Gasteiger partial charge in [-0.25, -0.2) is 0 Å². The number of hydrogen-bond acceptors (Lipinski definition) is 5. The van der Waals surface area contributed by atoms with E-state index in [9.17, 15) is 9.90 Å². The maximum absolute atomic E-state index is 10.7. The van der Waals surface area contributed by atoms with Crippen LogP contribution in [0.15, 0.2) is 59.5 Å². The lowest BCUT2D eigenvalue weighted by Crippen LogP contribution is -2.26. The van der Waals surface area contributed by atoms with Gasteiger partial charge in [0.2, 0.25) is 5.91 Å². The van der Waals surface area contributed by atoms with Crippen molar-refractivity contribution in [3.8, 4) is 0 Å². The van der Waals surface area contributed by atoms with Gasteiger partial charge in [0, 0.05) is 10.6 Å². The van der Waals surface area contributed by atoms with Gasteiger partial charge in [-0.05, 0) is 23.8 Å². The van der Waals surface area contributed by atoms with E-state index in [0.717, 1.165) is 10.5 Å². The molecule has 122 valence electrons. The smallest absolute Gasteiger partial charge is 0.243 e. The van der Waals surface area contributed by atoms with Crippen LogP contribution in [0.2, 0.25) is 0 Å². The Kier molecular flexibility index (Phi) is 6.46. The average Bonchev–Trinajstić information content (AvgIpc) is 2.53. The predicted octanol–water partition coefficient (Wildman–Crippen LogP) is 1.97. The Morgan fingerprint density at radius 3 is 2.57 bits per heavy atom. The molecule has 0 spiro atoms. The summed E-state index contributed by atoms with van der Waals surface area (Å²) in [4.78, 5) is 11.7. The first-order valence-corrected chi connectivity index (χ1v) is 8.05. The van der Waals surface area contributed by atoms with E-state index >= 15 is 0 Å². The maximum atomic E-state index is 10.7. The molecule has 0 fully saturated rings. The van der Waals surface area contributed by atoms with E-state index in [0.29, 0.717) is 5.69 Å². The van der Waals surface area contributed by atoms with E-state index < -0.39 is 12.0 Å². The Bertz CT molecular complexity index is 637. The van der Waals surface area contributed by atoms with Crippen molar-refractivity contribution in [2.24, 2.45) is 5.73 Å². The minimum atomic E-state index is -0.789. The van der Waals surface area contributed by atoms with Crippen molar-refractivity contribution in [3.63, 3.8) is 0 Å². The predicted molar refractivity (Wildman–Crippen MR) is 91.9 cm³/mol. The molecule has 2 atom stereocenters. The van der Waals surface area contributed by atoms with Gasteiger partial charge in [-0.2, -0.15) is 0 Å². The Labute approximate surface area is 139 Å². The maximum Gasteiger partial charge on any atom is 0.243 e. The second-order valence-electron chi connectivity index (χ2n) is 5.07. The molecule has 6 heteroatoms. The van der Waals surface area contributed by atoms with E-state index in [-0.39, 0.29) is 18.5 Å². The molecule has 2 aromatic rings. The van der Waals surface area contributed by atoms with Gasteiger partial charge in [-0.15, -0.1) is 11.8 Å². The number of aliphatic hydroxyl groups is 1. The number of benzene rings is 2. The molecule has 0 heterocycles. The topological polar surface area (TPSA) is 98.6 Å². The molecule has 2 aromatic carbocycles. The zero-order valence-electron chi connectivity index (χ0n) is 12.6. The van der Waals surface area contributed by atoms with Crippen LogP contribution in [0.1, 0.15) is 10.8 Å². The molecule has 0 aliphatic rings. The lowest BCUT2D eigenvalue weighted by atomic mass is 10.1. The van der Waals surface area contributed by atoms with Gasteiger partial charge in [0.05, 0.1) is 18.0 Å². The highest BCUT2D eigenvalue weighted by Crippen LogP contribution is 2.38. The monoisotopic (exact) mass is 332 g/mol. The van der Waals surface area contributed by atoms with E-state index in [1.807, 2.05) is 54.6 Å². The third kappa shape index (κ3) is 5.59. The van der Waals surface area contributed by atoms with Gasteiger partial charge in [-0.1, -0.05) is 36.4 Å². The van der Waals surface area contributed by atoms with Crippen LogP contribution in [0.4, 0.5) is 5.69 Å². The second-order valence-corrected chi connectivity index (χ2v) is 6.29. The molecule has 0 radical (unpaired) electrons. The number of carbonyl (C=O) groups excluding carboxylic acids is 1. The summed E-state index contributed by atoms with van der Waals surface area (Å²) in [5.74, 6) is -0.558. The number of nitrogen functional groups attached to an aromatic ring is 1. The first-order chi connectivity index (χ1) is 11.1. The molecular formula is C17H20N2O3S. The molecule has 0 aliphatic heterocycles. The third-order valence-electron chi connectivity index (χ3n) is 3.13. The van der Waals surface area contributed by atoms with Crippen molar-refractivity contribution in [1.82, 2.24) is 0 Å². The fourth-order valence-corrected chi connectivity index (χ4v) is 3.30. The van der Waals surface area contributed by atoms with Gasteiger partial charge in [0.25, 0.3) is 0 Å². The van der Waals surface area contributed by atoms with Crippen molar-refractivity contribution in [2.45, 2.75) is 16.2 Å². The van der Waals surface area contributed by atoms with Gasteiger partial charge in [-0.3, -0.25) is 4.79 Å². The molecular weight excluding hydrogens is 312 g/mol. The number of thioether (sulfide) groups is 1. The Morgan fingerprint density at radius 2 is 1.91 bits per heavy atom. The lowest BCUT2D eigenvalue weighted by Gasteiger charge is -2.23. The quantitative estimate of drug-likeness (QED) is 0.507. The molecule has 5 nitrogen and oxygen atoms in total. The normalized spacial score (nSPS) is 13.4. The molecule has 0 saturated carbocycles. The summed E-state index contributed by atoms with van der Waals surface area (Å²) < 4.78 is 5.16. The molecule has 23 heavy (non-hydrogen) atoms. The summed E-state index contributed by atoms with van der Waals surface area (Å²) in [6.07, 6.45) is -0.789. The Hall–Kier alpha value is -2.02. The molecule has 1 amide bonds. The Balaban J connectivity index is 2.13. The van der Waals surface area contributed by atoms with Crippen molar-refractivity contribution in [2.75, 3.05) is 18.9 Å². The van der Waals surface area contributed by atoms with Crippen molar-refractivity contribution < 1.29 is 14.6 Å². The van der Waals surface area contributed by atoms with Crippen molar-refractivity contribution in [3.05, 3.63) is 60.2 Å². The van der Waals surface area contributed by atoms with Crippen molar-refractivity contribution >= 4 is 23.4 Å².